The van der Waals surface area contributed by atoms with Crippen molar-refractivity contribution in [2.24, 2.45) is 0 Å². The van der Waals surface area contributed by atoms with Gasteiger partial charge in [0.25, 0.3) is 0 Å². The van der Waals surface area contributed by atoms with Gasteiger partial charge in [-0.25, -0.2) is 9.59 Å². The number of aromatic carboxylic acids is 1. The van der Waals surface area contributed by atoms with Crippen LogP contribution in [0.1, 0.15) is 17.3 Å². The number of carboxylic acids is 1. The normalized spacial score (nSPS) is 9.70. The van der Waals surface area contributed by atoms with E-state index in [0.717, 1.165) is 0 Å². The Labute approximate surface area is 123 Å². The van der Waals surface area contributed by atoms with Gasteiger partial charge < -0.3 is 21.1 Å². The number of carbonyl (C=O) groups is 3. The number of rotatable bonds is 5. The third-order valence-corrected chi connectivity index (χ3v) is 2.64. The fourth-order valence-electron chi connectivity index (χ4n) is 1.38. The molecule has 20 heavy (non-hydrogen) atoms. The number of anilines is 1. The molecule has 108 valence electrons. The Balaban J connectivity index is 2.62. The Hall–Kier alpha value is -2.09. The number of halogens is 1. The first kappa shape index (κ1) is 16.0. The zero-order chi connectivity index (χ0) is 15.1. The predicted octanol–water partition coefficient (Wildman–Crippen LogP) is 1.40. The first-order valence-corrected chi connectivity index (χ1v) is 6.57. The topological polar surface area (TPSA) is 108 Å². The maximum Gasteiger partial charge on any atom is 0.335 e. The Morgan fingerprint density at radius 3 is 2.50 bits per heavy atom. The maximum atomic E-state index is 11.5. The van der Waals surface area contributed by atoms with Gasteiger partial charge in [0.1, 0.15) is 0 Å². The van der Waals surface area contributed by atoms with Crippen molar-refractivity contribution in [2.45, 2.75) is 6.92 Å². The van der Waals surface area contributed by atoms with E-state index >= 15 is 0 Å². The second-order valence-corrected chi connectivity index (χ2v) is 4.71. The molecule has 0 atom stereocenters. The third-order valence-electron chi connectivity index (χ3n) is 2.19. The fourth-order valence-corrected chi connectivity index (χ4v) is 1.87. The van der Waals surface area contributed by atoms with Crippen LogP contribution in [0.5, 0.6) is 0 Å². The molecule has 0 spiro atoms. The number of likely N-dealkylation sites (N-methyl/N-ethyl adjacent to an activating group) is 1. The van der Waals surface area contributed by atoms with Crippen LogP contribution in [0.4, 0.5) is 10.5 Å². The molecule has 1 aromatic carbocycles. The largest absolute Gasteiger partial charge is 0.478 e. The van der Waals surface area contributed by atoms with Crippen molar-refractivity contribution in [3.05, 3.63) is 28.2 Å². The lowest BCUT2D eigenvalue weighted by Gasteiger charge is -2.08. The molecule has 0 bridgehead atoms. The number of amides is 3. The minimum absolute atomic E-state index is 0.0402. The van der Waals surface area contributed by atoms with Crippen LogP contribution in [0.3, 0.4) is 0 Å². The van der Waals surface area contributed by atoms with Gasteiger partial charge in [0, 0.05) is 16.7 Å². The van der Waals surface area contributed by atoms with Crippen molar-refractivity contribution in [1.29, 1.82) is 0 Å². The number of hydrogen-bond acceptors (Lipinski definition) is 3. The maximum absolute atomic E-state index is 11.5. The standard InChI is InChI=1S/C12H14BrN3O4/c1-2-14-10(17)6-15-12(20)16-9-4-7(11(18)19)3-8(13)5-9/h3-5H,2,6H2,1H3,(H,14,17)(H,18,19)(H2,15,16,20). The van der Waals surface area contributed by atoms with E-state index in [4.69, 9.17) is 5.11 Å². The molecule has 0 heterocycles. The minimum Gasteiger partial charge on any atom is -0.478 e. The third kappa shape index (κ3) is 5.27. The number of hydrogen-bond donors (Lipinski definition) is 4. The molecule has 0 unspecified atom stereocenters. The lowest BCUT2D eigenvalue weighted by molar-refractivity contribution is -0.119. The summed E-state index contributed by atoms with van der Waals surface area (Å²) in [7, 11) is 0. The van der Waals surface area contributed by atoms with Crippen molar-refractivity contribution in [3.63, 3.8) is 0 Å². The monoisotopic (exact) mass is 343 g/mol. The highest BCUT2D eigenvalue weighted by atomic mass is 79.9. The Morgan fingerprint density at radius 1 is 1.20 bits per heavy atom. The summed E-state index contributed by atoms with van der Waals surface area (Å²) in [6.45, 7) is 2.10. The number of carbonyl (C=O) groups excluding carboxylic acids is 2. The van der Waals surface area contributed by atoms with Gasteiger partial charge in [-0.2, -0.15) is 0 Å². The minimum atomic E-state index is -1.10. The van der Waals surface area contributed by atoms with Crippen LogP contribution < -0.4 is 16.0 Å². The van der Waals surface area contributed by atoms with Crippen molar-refractivity contribution in [3.8, 4) is 0 Å². The van der Waals surface area contributed by atoms with Gasteiger partial charge in [-0.05, 0) is 25.1 Å². The first-order valence-electron chi connectivity index (χ1n) is 5.77. The van der Waals surface area contributed by atoms with Crippen molar-refractivity contribution in [2.75, 3.05) is 18.4 Å². The van der Waals surface area contributed by atoms with Gasteiger partial charge >= 0.3 is 12.0 Å². The Morgan fingerprint density at radius 2 is 1.90 bits per heavy atom. The van der Waals surface area contributed by atoms with Crippen LogP contribution in [0.2, 0.25) is 0 Å². The Bertz CT molecular complexity index is 533. The van der Waals surface area contributed by atoms with Crippen molar-refractivity contribution >= 4 is 39.5 Å². The van der Waals surface area contributed by atoms with Gasteiger partial charge in [-0.3, -0.25) is 4.79 Å². The summed E-state index contributed by atoms with van der Waals surface area (Å²) in [6.07, 6.45) is 0. The van der Waals surface area contributed by atoms with E-state index in [1.165, 1.54) is 12.1 Å². The molecule has 1 aromatic rings. The van der Waals surface area contributed by atoms with Gasteiger partial charge in [0.2, 0.25) is 5.91 Å². The summed E-state index contributed by atoms with van der Waals surface area (Å²) < 4.78 is 0.524. The van der Waals surface area contributed by atoms with E-state index in [1.54, 1.807) is 13.0 Å². The second kappa shape index (κ2) is 7.49. The van der Waals surface area contributed by atoms with Crippen LogP contribution in [0, 0.1) is 0 Å². The predicted molar refractivity (Wildman–Crippen MR) is 76.8 cm³/mol. The molecule has 8 heteroatoms. The molecule has 1 rings (SSSR count). The van der Waals surface area contributed by atoms with E-state index in [2.05, 4.69) is 31.9 Å². The Kier molecular flexibility index (Phi) is 5.98. The molecule has 0 aliphatic carbocycles. The van der Waals surface area contributed by atoms with Crippen LogP contribution in [-0.2, 0) is 4.79 Å². The molecule has 4 N–H and O–H groups in total. The zero-order valence-corrected chi connectivity index (χ0v) is 12.3. The first-order chi connectivity index (χ1) is 9.42. The quantitative estimate of drug-likeness (QED) is 0.648. The molecule has 0 saturated heterocycles. The molecule has 0 aliphatic heterocycles. The highest BCUT2D eigenvalue weighted by molar-refractivity contribution is 9.10. The van der Waals surface area contributed by atoms with Gasteiger partial charge in [0.15, 0.2) is 0 Å². The second-order valence-electron chi connectivity index (χ2n) is 3.79. The summed E-state index contributed by atoms with van der Waals surface area (Å²) >= 11 is 3.15. The average Bonchev–Trinajstić information content (AvgIpc) is 2.36. The van der Waals surface area contributed by atoms with Crippen molar-refractivity contribution in [1.82, 2.24) is 10.6 Å². The molecule has 0 aliphatic rings. The summed E-state index contributed by atoms with van der Waals surface area (Å²) in [4.78, 5) is 33.6. The summed E-state index contributed by atoms with van der Waals surface area (Å²) in [5.74, 6) is -1.40. The molecule has 0 aromatic heterocycles. The van der Waals surface area contributed by atoms with Crippen LogP contribution in [0.15, 0.2) is 22.7 Å². The molecular formula is C12H14BrN3O4. The number of carboxylic acid groups (broad SMARTS) is 1. The summed E-state index contributed by atoms with van der Waals surface area (Å²) in [6, 6.07) is 3.70. The molecular weight excluding hydrogens is 330 g/mol. The smallest absolute Gasteiger partial charge is 0.335 e. The number of benzene rings is 1. The molecule has 7 nitrogen and oxygen atoms in total. The highest BCUT2D eigenvalue weighted by Crippen LogP contribution is 2.19. The van der Waals surface area contributed by atoms with E-state index in [9.17, 15) is 14.4 Å². The van der Waals surface area contributed by atoms with Crippen LogP contribution in [0.25, 0.3) is 0 Å². The summed E-state index contributed by atoms with van der Waals surface area (Å²) in [5.41, 5.74) is 0.351. The van der Waals surface area contributed by atoms with E-state index in [-0.39, 0.29) is 18.0 Å². The van der Waals surface area contributed by atoms with E-state index in [0.29, 0.717) is 16.7 Å². The molecule has 3 amide bonds. The zero-order valence-electron chi connectivity index (χ0n) is 10.7. The van der Waals surface area contributed by atoms with Gasteiger partial charge in [-0.1, -0.05) is 15.9 Å². The lowest BCUT2D eigenvalue weighted by atomic mass is 10.2. The SMILES string of the molecule is CCNC(=O)CNC(=O)Nc1cc(Br)cc(C(=O)O)c1. The number of nitrogens with one attached hydrogen (secondary N) is 3. The highest BCUT2D eigenvalue weighted by Gasteiger charge is 2.09. The fraction of sp³-hybridized carbons (Fsp3) is 0.250. The molecule has 0 radical (unpaired) electrons. The van der Waals surface area contributed by atoms with E-state index in [1.807, 2.05) is 0 Å². The van der Waals surface area contributed by atoms with Gasteiger partial charge in [-0.15, -0.1) is 0 Å². The van der Waals surface area contributed by atoms with Crippen LogP contribution in [-0.4, -0.2) is 36.1 Å². The van der Waals surface area contributed by atoms with Crippen LogP contribution >= 0.6 is 15.9 Å². The molecule has 0 saturated carbocycles. The lowest BCUT2D eigenvalue weighted by Crippen LogP contribution is -2.38. The van der Waals surface area contributed by atoms with E-state index < -0.39 is 12.0 Å². The van der Waals surface area contributed by atoms with Gasteiger partial charge in [0.05, 0.1) is 12.1 Å². The average molecular weight is 344 g/mol. The number of urea groups is 1. The summed E-state index contributed by atoms with van der Waals surface area (Å²) in [5, 5.41) is 16.2. The molecule has 0 fully saturated rings. The van der Waals surface area contributed by atoms with Crippen molar-refractivity contribution < 1.29 is 19.5 Å².